The van der Waals surface area contributed by atoms with Crippen molar-refractivity contribution >= 4 is 23.1 Å². The lowest BCUT2D eigenvalue weighted by molar-refractivity contribution is 0.297. The third kappa shape index (κ3) is 3.97. The number of hydrogen-bond donors (Lipinski definition) is 0. The molecule has 1 aliphatic rings. The van der Waals surface area contributed by atoms with Crippen LogP contribution in [-0.2, 0) is 5.75 Å². The van der Waals surface area contributed by atoms with Crippen molar-refractivity contribution in [2.75, 3.05) is 20.3 Å². The molecule has 0 saturated heterocycles. The fourth-order valence-electron chi connectivity index (χ4n) is 2.65. The number of thioether (sulfide) groups is 1. The molecular weight excluding hydrogens is 366 g/mol. The summed E-state index contributed by atoms with van der Waals surface area (Å²) in [7, 11) is 1.68. The summed E-state index contributed by atoms with van der Waals surface area (Å²) in [5.41, 5.74) is 2.16. The van der Waals surface area contributed by atoms with E-state index in [1.807, 2.05) is 24.3 Å². The summed E-state index contributed by atoms with van der Waals surface area (Å²) in [5.74, 6) is 3.34. The van der Waals surface area contributed by atoms with Crippen LogP contribution in [0.3, 0.4) is 0 Å². The number of benzene rings is 2. The monoisotopic (exact) mass is 385 g/mol. The highest BCUT2D eigenvalue weighted by Crippen LogP contribution is 2.35. The largest absolute Gasteiger partial charge is 0.497 e. The first kappa shape index (κ1) is 17.2. The van der Waals surface area contributed by atoms with E-state index in [0.29, 0.717) is 13.2 Å². The Morgan fingerprint density at radius 1 is 1.12 bits per heavy atom. The maximum absolute atomic E-state index is 5.76. The number of aromatic nitrogens is 1. The van der Waals surface area contributed by atoms with Crippen LogP contribution in [0.1, 0.15) is 12.1 Å². The molecule has 26 heavy (non-hydrogen) atoms. The van der Waals surface area contributed by atoms with Crippen molar-refractivity contribution in [2.24, 2.45) is 0 Å². The van der Waals surface area contributed by atoms with Crippen LogP contribution in [0.5, 0.6) is 17.2 Å². The highest BCUT2D eigenvalue weighted by Gasteiger charge is 2.12. The van der Waals surface area contributed by atoms with E-state index in [2.05, 4.69) is 23.6 Å². The highest BCUT2D eigenvalue weighted by molar-refractivity contribution is 7.98. The Balaban J connectivity index is 1.44. The highest BCUT2D eigenvalue weighted by atomic mass is 32.2. The predicted molar refractivity (Wildman–Crippen MR) is 106 cm³/mol. The van der Waals surface area contributed by atoms with Crippen molar-refractivity contribution in [1.82, 2.24) is 4.98 Å². The molecule has 0 fully saturated rings. The Bertz CT molecular complexity index is 894. The van der Waals surface area contributed by atoms with E-state index in [1.165, 1.54) is 0 Å². The Morgan fingerprint density at radius 3 is 2.88 bits per heavy atom. The summed E-state index contributed by atoms with van der Waals surface area (Å²) < 4.78 is 16.7. The second-order valence-electron chi connectivity index (χ2n) is 5.82. The van der Waals surface area contributed by atoms with Gasteiger partial charge < -0.3 is 14.2 Å². The van der Waals surface area contributed by atoms with E-state index in [0.717, 1.165) is 50.6 Å². The van der Waals surface area contributed by atoms with Gasteiger partial charge in [-0.2, -0.15) is 0 Å². The van der Waals surface area contributed by atoms with Gasteiger partial charge >= 0.3 is 0 Å². The molecule has 4 rings (SSSR count). The maximum Gasteiger partial charge on any atom is 0.162 e. The van der Waals surface area contributed by atoms with Crippen LogP contribution >= 0.6 is 23.1 Å². The zero-order chi connectivity index (χ0) is 17.8. The van der Waals surface area contributed by atoms with E-state index >= 15 is 0 Å². The van der Waals surface area contributed by atoms with Crippen LogP contribution in [-0.4, -0.2) is 25.3 Å². The molecule has 1 aliphatic heterocycles. The standard InChI is InChI=1S/C20H19NO3S2/c1-22-16-5-2-4-14(10-16)20-21-15(13-26-20)12-25-17-6-7-18-19(11-17)24-9-3-8-23-18/h2,4-7,10-11,13H,3,8-9,12H2,1H3. The van der Waals surface area contributed by atoms with Gasteiger partial charge in [-0.1, -0.05) is 12.1 Å². The van der Waals surface area contributed by atoms with Crippen LogP contribution in [0.2, 0.25) is 0 Å². The van der Waals surface area contributed by atoms with Gasteiger partial charge in [-0.25, -0.2) is 4.98 Å². The summed E-state index contributed by atoms with van der Waals surface area (Å²) in [6, 6.07) is 14.1. The fourth-order valence-corrected chi connectivity index (χ4v) is 4.39. The van der Waals surface area contributed by atoms with E-state index in [9.17, 15) is 0 Å². The summed E-state index contributed by atoms with van der Waals surface area (Å²) in [6.07, 6.45) is 0.920. The first-order valence-corrected chi connectivity index (χ1v) is 10.3. The van der Waals surface area contributed by atoms with E-state index in [1.54, 1.807) is 30.2 Å². The van der Waals surface area contributed by atoms with Gasteiger partial charge in [0.25, 0.3) is 0 Å². The minimum absolute atomic E-state index is 0.705. The van der Waals surface area contributed by atoms with Gasteiger partial charge in [-0.15, -0.1) is 23.1 Å². The predicted octanol–water partition coefficient (Wildman–Crippen LogP) is 5.27. The third-order valence-electron chi connectivity index (χ3n) is 3.97. The van der Waals surface area contributed by atoms with E-state index in [4.69, 9.17) is 19.2 Å². The van der Waals surface area contributed by atoms with Crippen LogP contribution in [0.4, 0.5) is 0 Å². The van der Waals surface area contributed by atoms with Gasteiger partial charge in [0, 0.05) is 28.0 Å². The first-order chi connectivity index (χ1) is 12.8. The van der Waals surface area contributed by atoms with Crippen LogP contribution in [0.15, 0.2) is 52.7 Å². The molecule has 4 nitrogen and oxygen atoms in total. The number of nitrogens with zero attached hydrogens (tertiary/aromatic N) is 1. The topological polar surface area (TPSA) is 40.6 Å². The van der Waals surface area contributed by atoms with Crippen molar-refractivity contribution in [3.05, 3.63) is 53.5 Å². The molecule has 6 heteroatoms. The number of thiazole rings is 1. The SMILES string of the molecule is COc1cccc(-c2nc(CSc3ccc4c(c3)OCCCO4)cs2)c1. The van der Waals surface area contributed by atoms with Crippen LogP contribution in [0.25, 0.3) is 10.6 Å². The number of fused-ring (bicyclic) bond motifs is 1. The normalized spacial score (nSPS) is 13.3. The van der Waals surface area contributed by atoms with Crippen molar-refractivity contribution in [2.45, 2.75) is 17.1 Å². The molecule has 0 aliphatic carbocycles. The van der Waals surface area contributed by atoms with Gasteiger partial charge in [0.1, 0.15) is 10.8 Å². The molecule has 2 heterocycles. The summed E-state index contributed by atoms with van der Waals surface area (Å²) in [4.78, 5) is 5.92. The Morgan fingerprint density at radius 2 is 2.00 bits per heavy atom. The minimum Gasteiger partial charge on any atom is -0.497 e. The van der Waals surface area contributed by atoms with Crippen LogP contribution in [0, 0.1) is 0 Å². The van der Waals surface area contributed by atoms with Gasteiger partial charge in [0.05, 0.1) is 26.0 Å². The van der Waals surface area contributed by atoms with E-state index < -0.39 is 0 Å². The van der Waals surface area contributed by atoms with Crippen molar-refractivity contribution in [3.63, 3.8) is 0 Å². The summed E-state index contributed by atoms with van der Waals surface area (Å²) >= 11 is 3.41. The quantitative estimate of drug-likeness (QED) is 0.560. The second-order valence-corrected chi connectivity index (χ2v) is 7.73. The third-order valence-corrected chi connectivity index (χ3v) is 5.94. The molecule has 0 atom stereocenters. The number of hydrogen-bond acceptors (Lipinski definition) is 6. The van der Waals surface area contributed by atoms with Crippen molar-refractivity contribution in [3.8, 4) is 27.8 Å². The zero-order valence-electron chi connectivity index (χ0n) is 14.4. The average molecular weight is 386 g/mol. The first-order valence-electron chi connectivity index (χ1n) is 8.43. The van der Waals surface area contributed by atoms with Gasteiger partial charge in [0.15, 0.2) is 11.5 Å². The summed E-state index contributed by atoms with van der Waals surface area (Å²) in [5, 5.41) is 3.13. The zero-order valence-corrected chi connectivity index (χ0v) is 16.1. The molecular formula is C20H19NO3S2. The molecule has 2 aromatic carbocycles. The van der Waals surface area contributed by atoms with Crippen molar-refractivity contribution in [1.29, 1.82) is 0 Å². The lowest BCUT2D eigenvalue weighted by atomic mass is 10.2. The molecule has 0 unspecified atom stereocenters. The average Bonchev–Trinajstić information content (AvgIpc) is 3.04. The minimum atomic E-state index is 0.705. The second kappa shape index (κ2) is 8.01. The van der Waals surface area contributed by atoms with E-state index in [-0.39, 0.29) is 0 Å². The lowest BCUT2D eigenvalue weighted by Gasteiger charge is -2.08. The van der Waals surface area contributed by atoms with Crippen LogP contribution < -0.4 is 14.2 Å². The molecule has 1 aromatic heterocycles. The Labute approximate surface area is 161 Å². The lowest BCUT2D eigenvalue weighted by Crippen LogP contribution is -1.97. The molecule has 0 spiro atoms. The fraction of sp³-hybridized carbons (Fsp3) is 0.250. The Kier molecular flexibility index (Phi) is 5.32. The molecule has 0 saturated carbocycles. The molecule has 0 N–H and O–H groups in total. The molecule has 0 amide bonds. The van der Waals surface area contributed by atoms with Crippen molar-refractivity contribution < 1.29 is 14.2 Å². The van der Waals surface area contributed by atoms with Gasteiger partial charge in [-0.05, 0) is 30.3 Å². The summed E-state index contributed by atoms with van der Waals surface area (Å²) in [6.45, 7) is 1.42. The smallest absolute Gasteiger partial charge is 0.162 e. The molecule has 134 valence electrons. The number of rotatable bonds is 5. The molecule has 3 aromatic rings. The maximum atomic E-state index is 5.76. The molecule has 0 radical (unpaired) electrons. The number of ether oxygens (including phenoxy) is 3. The van der Waals surface area contributed by atoms with Gasteiger partial charge in [0.2, 0.25) is 0 Å². The Hall–Kier alpha value is -2.18. The molecule has 0 bridgehead atoms. The number of methoxy groups -OCH3 is 1. The van der Waals surface area contributed by atoms with Gasteiger partial charge in [-0.3, -0.25) is 0 Å².